The van der Waals surface area contributed by atoms with Gasteiger partial charge in [0.15, 0.2) is 0 Å². The van der Waals surface area contributed by atoms with Gasteiger partial charge in [-0.05, 0) is 35.7 Å². The van der Waals surface area contributed by atoms with Crippen molar-refractivity contribution in [3.8, 4) is 0 Å². The number of amides is 2. The zero-order valence-corrected chi connectivity index (χ0v) is 18.6. The Labute approximate surface area is 180 Å². The minimum atomic E-state index is -3.54. The highest BCUT2D eigenvalue weighted by Crippen LogP contribution is 2.26. The number of rotatable bonds is 7. The van der Waals surface area contributed by atoms with Crippen LogP contribution in [-0.2, 0) is 21.3 Å². The molecule has 1 aromatic carbocycles. The number of hydrogen-bond donors (Lipinski definition) is 2. The molecule has 0 bridgehead atoms. The van der Waals surface area contributed by atoms with Crippen LogP contribution in [0.1, 0.15) is 30.3 Å². The van der Waals surface area contributed by atoms with Crippen LogP contribution in [0.25, 0.3) is 0 Å². The molecule has 0 radical (unpaired) electrons. The maximum atomic E-state index is 13.2. The highest BCUT2D eigenvalue weighted by molar-refractivity contribution is 7.91. The number of thiophene rings is 1. The number of benzene rings is 1. The third-order valence-corrected chi connectivity index (χ3v) is 8.26. The van der Waals surface area contributed by atoms with E-state index in [0.717, 1.165) is 21.8 Å². The monoisotopic (exact) mass is 455 g/mol. The van der Waals surface area contributed by atoms with Gasteiger partial charge in [-0.15, -0.1) is 11.3 Å². The lowest BCUT2D eigenvalue weighted by molar-refractivity contribution is 0.0731. The lowest BCUT2D eigenvalue weighted by Gasteiger charge is -2.25. The summed E-state index contributed by atoms with van der Waals surface area (Å²) in [6, 6.07) is 8.68. The molecule has 0 spiro atoms. The number of nitrogens with one attached hydrogen (secondary N) is 2. The van der Waals surface area contributed by atoms with E-state index >= 15 is 0 Å². The van der Waals surface area contributed by atoms with Gasteiger partial charge in [0.2, 0.25) is 0 Å². The Balaban J connectivity index is 1.58. The van der Waals surface area contributed by atoms with E-state index in [9.17, 15) is 17.6 Å². The fourth-order valence-corrected chi connectivity index (χ4v) is 6.03. The summed E-state index contributed by atoms with van der Waals surface area (Å²) in [5, 5.41) is 5.67. The molecule has 1 aliphatic rings. The Morgan fingerprint density at radius 2 is 1.83 bits per heavy atom. The maximum Gasteiger partial charge on any atom is 0.315 e. The molecule has 2 amide bonds. The summed E-state index contributed by atoms with van der Waals surface area (Å²) in [5.74, 6) is -0.223. The summed E-state index contributed by atoms with van der Waals surface area (Å²) in [4.78, 5) is 13.1. The second-order valence-corrected chi connectivity index (χ2v) is 10.7. The molecular formula is C20H26FN3O4S2. The molecule has 3 rings (SSSR count). The summed E-state index contributed by atoms with van der Waals surface area (Å²) >= 11 is 1.14. The largest absolute Gasteiger partial charge is 0.379 e. The maximum absolute atomic E-state index is 13.2. The van der Waals surface area contributed by atoms with Crippen LogP contribution in [0.4, 0.5) is 9.18 Å². The van der Waals surface area contributed by atoms with Crippen molar-refractivity contribution in [1.29, 1.82) is 0 Å². The van der Waals surface area contributed by atoms with Crippen molar-refractivity contribution in [1.82, 2.24) is 14.9 Å². The first-order chi connectivity index (χ1) is 14.3. The fraction of sp³-hybridized carbons (Fsp3) is 0.450. The third-order valence-electron chi connectivity index (χ3n) is 4.81. The molecular weight excluding hydrogens is 429 g/mol. The SMILES string of the molecule is CC(C)[C@H](NC(=O)NCc1ccc(S(=O)(=O)N2CCOCC2)s1)c1ccc(F)cc1. The van der Waals surface area contributed by atoms with Crippen LogP contribution in [0.3, 0.4) is 0 Å². The number of ether oxygens (including phenoxy) is 1. The van der Waals surface area contributed by atoms with E-state index in [0.29, 0.717) is 26.3 Å². The summed E-state index contributed by atoms with van der Waals surface area (Å²) in [6.45, 7) is 5.62. The number of carbonyl (C=O) groups is 1. The number of halogens is 1. The molecule has 164 valence electrons. The topological polar surface area (TPSA) is 87.7 Å². The Kier molecular flexibility index (Phi) is 7.45. The molecule has 1 fully saturated rings. The van der Waals surface area contributed by atoms with E-state index in [4.69, 9.17) is 4.74 Å². The van der Waals surface area contributed by atoms with Gasteiger partial charge in [0, 0.05) is 18.0 Å². The zero-order chi connectivity index (χ0) is 21.7. The van der Waals surface area contributed by atoms with E-state index in [1.165, 1.54) is 16.4 Å². The second-order valence-electron chi connectivity index (χ2n) is 7.34. The highest BCUT2D eigenvalue weighted by atomic mass is 32.2. The first-order valence-electron chi connectivity index (χ1n) is 9.74. The molecule has 0 saturated carbocycles. The van der Waals surface area contributed by atoms with Gasteiger partial charge in [0.05, 0.1) is 25.8 Å². The molecule has 0 unspecified atom stereocenters. The number of sulfonamides is 1. The van der Waals surface area contributed by atoms with Crippen molar-refractivity contribution in [3.63, 3.8) is 0 Å². The predicted octanol–water partition coefficient (Wildman–Crippen LogP) is 3.10. The van der Waals surface area contributed by atoms with E-state index < -0.39 is 10.0 Å². The highest BCUT2D eigenvalue weighted by Gasteiger charge is 2.27. The molecule has 1 atom stereocenters. The lowest BCUT2D eigenvalue weighted by Crippen LogP contribution is -2.40. The van der Waals surface area contributed by atoms with Gasteiger partial charge in [-0.3, -0.25) is 0 Å². The van der Waals surface area contributed by atoms with Crippen LogP contribution in [0, 0.1) is 11.7 Å². The van der Waals surface area contributed by atoms with E-state index in [1.54, 1.807) is 24.3 Å². The van der Waals surface area contributed by atoms with Crippen molar-refractivity contribution in [2.45, 2.75) is 30.6 Å². The average Bonchev–Trinajstić information content (AvgIpc) is 3.22. The number of hydrogen-bond acceptors (Lipinski definition) is 5. The van der Waals surface area contributed by atoms with Gasteiger partial charge in [0.1, 0.15) is 10.0 Å². The average molecular weight is 456 g/mol. The third kappa shape index (κ3) is 5.57. The summed E-state index contributed by atoms with van der Waals surface area (Å²) < 4.78 is 45.5. The van der Waals surface area contributed by atoms with Gasteiger partial charge in [-0.25, -0.2) is 17.6 Å². The van der Waals surface area contributed by atoms with Crippen LogP contribution < -0.4 is 10.6 Å². The second kappa shape index (κ2) is 9.86. The first-order valence-corrected chi connectivity index (χ1v) is 12.0. The molecule has 2 N–H and O–H groups in total. The summed E-state index contributed by atoms with van der Waals surface area (Å²) in [6.07, 6.45) is 0. The molecule has 1 saturated heterocycles. The Bertz CT molecular complexity index is 955. The molecule has 30 heavy (non-hydrogen) atoms. The van der Waals surface area contributed by atoms with Crippen molar-refractivity contribution in [2.75, 3.05) is 26.3 Å². The van der Waals surface area contributed by atoms with Gasteiger partial charge in [-0.2, -0.15) is 4.31 Å². The van der Waals surface area contributed by atoms with Gasteiger partial charge in [-0.1, -0.05) is 26.0 Å². The van der Waals surface area contributed by atoms with Crippen molar-refractivity contribution < 1.29 is 22.3 Å². The predicted molar refractivity (Wildman–Crippen MR) is 113 cm³/mol. The molecule has 0 aliphatic carbocycles. The van der Waals surface area contributed by atoms with Crippen molar-refractivity contribution in [2.24, 2.45) is 5.92 Å². The van der Waals surface area contributed by atoms with E-state index in [-0.39, 0.29) is 34.6 Å². The summed E-state index contributed by atoms with van der Waals surface area (Å²) in [5.41, 5.74) is 0.816. The van der Waals surface area contributed by atoms with Crippen LogP contribution >= 0.6 is 11.3 Å². The summed E-state index contributed by atoms with van der Waals surface area (Å²) in [7, 11) is -3.54. The van der Waals surface area contributed by atoms with Gasteiger partial charge in [0.25, 0.3) is 10.0 Å². The molecule has 1 aromatic heterocycles. The minimum Gasteiger partial charge on any atom is -0.379 e. The lowest BCUT2D eigenvalue weighted by atomic mass is 9.96. The molecule has 7 nitrogen and oxygen atoms in total. The fourth-order valence-electron chi connectivity index (χ4n) is 3.17. The van der Waals surface area contributed by atoms with Crippen molar-refractivity contribution in [3.05, 3.63) is 52.7 Å². The molecule has 2 heterocycles. The minimum absolute atomic E-state index is 0.105. The Hall–Kier alpha value is -2.01. The quantitative estimate of drug-likeness (QED) is 0.672. The smallest absolute Gasteiger partial charge is 0.315 e. The van der Waals surface area contributed by atoms with E-state index in [1.807, 2.05) is 13.8 Å². The standard InChI is InChI=1S/C20H26FN3O4S2/c1-14(2)19(15-3-5-16(21)6-4-15)23-20(25)22-13-17-7-8-18(29-17)30(26,27)24-9-11-28-12-10-24/h3-8,14,19H,9-13H2,1-2H3,(H2,22,23,25)/t19-/m0/s1. The first kappa shape index (κ1) is 22.7. The van der Waals surface area contributed by atoms with Crippen LogP contribution in [0.15, 0.2) is 40.6 Å². The van der Waals surface area contributed by atoms with Gasteiger partial charge < -0.3 is 15.4 Å². The van der Waals surface area contributed by atoms with Gasteiger partial charge >= 0.3 is 6.03 Å². The van der Waals surface area contributed by atoms with Crippen molar-refractivity contribution >= 4 is 27.4 Å². The Morgan fingerprint density at radius 3 is 2.47 bits per heavy atom. The zero-order valence-electron chi connectivity index (χ0n) is 16.9. The van der Waals surface area contributed by atoms with Crippen LogP contribution in [0.2, 0.25) is 0 Å². The van der Waals surface area contributed by atoms with E-state index in [2.05, 4.69) is 10.6 Å². The number of carbonyl (C=O) groups excluding carboxylic acids is 1. The molecule has 1 aliphatic heterocycles. The normalized spacial score (nSPS) is 16.4. The molecule has 10 heteroatoms. The molecule has 2 aromatic rings. The number of urea groups is 1. The van der Waals surface area contributed by atoms with Crippen LogP contribution in [0.5, 0.6) is 0 Å². The van der Waals surface area contributed by atoms with Crippen LogP contribution in [-0.4, -0.2) is 45.1 Å². The number of nitrogens with zero attached hydrogens (tertiary/aromatic N) is 1. The Morgan fingerprint density at radius 1 is 1.17 bits per heavy atom. The number of morpholine rings is 1.